The number of benzene rings is 1. The Labute approximate surface area is 155 Å². The number of nitrogen functional groups attached to an aromatic ring is 1. The summed E-state index contributed by atoms with van der Waals surface area (Å²) in [5.41, 5.74) is 7.84. The van der Waals surface area contributed by atoms with Crippen LogP contribution in [0.3, 0.4) is 0 Å². The molecule has 2 heterocycles. The Kier molecular flexibility index (Phi) is 4.45. The summed E-state index contributed by atoms with van der Waals surface area (Å²) in [4.78, 5) is 40.5. The molecule has 2 N–H and O–H groups in total. The van der Waals surface area contributed by atoms with Gasteiger partial charge in [0.15, 0.2) is 12.4 Å². The lowest BCUT2D eigenvalue weighted by molar-refractivity contribution is -0.120. The third-order valence-corrected chi connectivity index (χ3v) is 5.42. The highest BCUT2D eigenvalue weighted by molar-refractivity contribution is 7.18. The number of fused-ring (bicyclic) bond motifs is 1. The number of hydrogen-bond acceptors (Lipinski definition) is 6. The molecule has 26 heavy (non-hydrogen) atoms. The van der Waals surface area contributed by atoms with Gasteiger partial charge in [-0.25, -0.2) is 0 Å². The van der Waals surface area contributed by atoms with Crippen molar-refractivity contribution in [1.82, 2.24) is 4.90 Å². The zero-order valence-corrected chi connectivity index (χ0v) is 15.8. The summed E-state index contributed by atoms with van der Waals surface area (Å²) in [5, 5.41) is 0.302. The molecular weight excluding hydrogens is 354 g/mol. The Morgan fingerprint density at radius 3 is 2.65 bits per heavy atom. The van der Waals surface area contributed by atoms with Crippen molar-refractivity contribution in [3.63, 3.8) is 0 Å². The van der Waals surface area contributed by atoms with Gasteiger partial charge in [-0.05, 0) is 30.7 Å². The molecule has 3 rings (SSSR count). The van der Waals surface area contributed by atoms with Gasteiger partial charge in [0.25, 0.3) is 11.8 Å². The first kappa shape index (κ1) is 17.9. The van der Waals surface area contributed by atoms with E-state index in [-0.39, 0.29) is 24.2 Å². The van der Waals surface area contributed by atoms with Crippen LogP contribution in [-0.2, 0) is 4.79 Å². The molecule has 2 aromatic rings. The third-order valence-electron chi connectivity index (χ3n) is 4.31. The summed E-state index contributed by atoms with van der Waals surface area (Å²) in [6, 6.07) is 4.91. The fourth-order valence-electron chi connectivity index (χ4n) is 2.78. The Morgan fingerprint density at radius 2 is 2.00 bits per heavy atom. The van der Waals surface area contributed by atoms with Crippen molar-refractivity contribution in [1.29, 1.82) is 0 Å². The molecule has 1 aliphatic rings. The molecule has 1 aromatic heterocycles. The van der Waals surface area contributed by atoms with Crippen LogP contribution in [0.5, 0.6) is 5.75 Å². The second kappa shape index (κ2) is 6.45. The predicted octanol–water partition coefficient (Wildman–Crippen LogP) is 1.93. The van der Waals surface area contributed by atoms with E-state index >= 15 is 0 Å². The van der Waals surface area contributed by atoms with Gasteiger partial charge in [-0.2, -0.15) is 0 Å². The maximum atomic E-state index is 13.0. The van der Waals surface area contributed by atoms with Crippen molar-refractivity contribution in [2.75, 3.05) is 38.4 Å². The number of carbonyl (C=O) groups is 3. The Morgan fingerprint density at radius 1 is 1.31 bits per heavy atom. The second-order valence-electron chi connectivity index (χ2n) is 6.25. The van der Waals surface area contributed by atoms with Crippen LogP contribution in [0, 0.1) is 6.92 Å². The summed E-state index contributed by atoms with van der Waals surface area (Å²) in [5.74, 6) is -0.125. The van der Waals surface area contributed by atoms with Gasteiger partial charge in [-0.1, -0.05) is 0 Å². The molecule has 8 heteroatoms. The molecule has 0 unspecified atom stereocenters. The van der Waals surface area contributed by atoms with Crippen LogP contribution in [0.15, 0.2) is 18.2 Å². The van der Waals surface area contributed by atoms with E-state index in [0.29, 0.717) is 38.0 Å². The molecule has 0 aliphatic carbocycles. The summed E-state index contributed by atoms with van der Waals surface area (Å²) in [7, 11) is 4.93. The predicted molar refractivity (Wildman–Crippen MR) is 100 cm³/mol. The summed E-state index contributed by atoms with van der Waals surface area (Å²) in [6.45, 7) is 1.69. The van der Waals surface area contributed by atoms with Crippen molar-refractivity contribution in [2.45, 2.75) is 6.92 Å². The number of nitrogens with zero attached hydrogens (tertiary/aromatic N) is 2. The molecule has 0 spiro atoms. The van der Waals surface area contributed by atoms with E-state index < -0.39 is 0 Å². The van der Waals surface area contributed by atoms with Gasteiger partial charge in [-0.3, -0.25) is 14.4 Å². The summed E-state index contributed by atoms with van der Waals surface area (Å²) >= 11 is 1.11. The monoisotopic (exact) mass is 373 g/mol. The van der Waals surface area contributed by atoms with Gasteiger partial charge in [-0.15, -0.1) is 11.3 Å². The molecule has 136 valence electrons. The van der Waals surface area contributed by atoms with Gasteiger partial charge in [0, 0.05) is 26.7 Å². The zero-order chi connectivity index (χ0) is 19.2. The molecule has 0 bridgehead atoms. The molecule has 1 aliphatic heterocycles. The highest BCUT2D eigenvalue weighted by atomic mass is 32.1. The van der Waals surface area contributed by atoms with E-state index in [2.05, 4.69) is 0 Å². The first-order valence-electron chi connectivity index (χ1n) is 7.91. The minimum atomic E-state index is -0.289. The van der Waals surface area contributed by atoms with E-state index in [4.69, 9.17) is 10.5 Å². The lowest BCUT2D eigenvalue weighted by Crippen LogP contribution is -2.35. The molecule has 0 saturated heterocycles. The normalized spacial score (nSPS) is 13.2. The molecule has 0 radical (unpaired) electrons. The lowest BCUT2D eigenvalue weighted by Gasteiger charge is -2.26. The SMILES string of the molecule is Cc1c(C(=O)N(C)C)sc(N)c1C(=O)c1ccc2c(c1)N(C)C(=O)CO2. The van der Waals surface area contributed by atoms with Crippen LogP contribution in [-0.4, -0.2) is 50.2 Å². The number of hydrogen-bond donors (Lipinski definition) is 1. The molecular formula is C18H19N3O4S. The van der Waals surface area contributed by atoms with Gasteiger partial charge in [0.05, 0.1) is 21.1 Å². The van der Waals surface area contributed by atoms with E-state index in [9.17, 15) is 14.4 Å². The number of ether oxygens (including phenoxy) is 1. The van der Waals surface area contributed by atoms with Crippen LogP contribution in [0.4, 0.5) is 10.7 Å². The van der Waals surface area contributed by atoms with Crippen LogP contribution in [0.25, 0.3) is 0 Å². The third kappa shape index (κ3) is 2.82. The molecule has 1 aromatic carbocycles. The minimum absolute atomic E-state index is 0.0244. The van der Waals surface area contributed by atoms with E-state index in [0.717, 1.165) is 11.3 Å². The van der Waals surface area contributed by atoms with Crippen LogP contribution in [0.2, 0.25) is 0 Å². The molecule has 7 nitrogen and oxygen atoms in total. The summed E-state index contributed by atoms with van der Waals surface area (Å²) < 4.78 is 5.38. The zero-order valence-electron chi connectivity index (χ0n) is 15.0. The van der Waals surface area contributed by atoms with Crippen molar-refractivity contribution < 1.29 is 19.1 Å². The van der Waals surface area contributed by atoms with Crippen molar-refractivity contribution >= 4 is 39.6 Å². The number of likely N-dealkylation sites (N-methyl/N-ethyl adjacent to an activating group) is 1. The maximum absolute atomic E-state index is 13.0. The highest BCUT2D eigenvalue weighted by Crippen LogP contribution is 2.36. The van der Waals surface area contributed by atoms with Crippen molar-refractivity contribution in [3.05, 3.63) is 39.8 Å². The number of ketones is 1. The molecule has 2 amide bonds. The first-order chi connectivity index (χ1) is 12.2. The number of anilines is 2. The number of carbonyl (C=O) groups excluding carboxylic acids is 3. The fourth-order valence-corrected chi connectivity index (χ4v) is 3.88. The quantitative estimate of drug-likeness (QED) is 0.830. The number of amides is 2. The molecule has 0 fully saturated rings. The smallest absolute Gasteiger partial charge is 0.264 e. The van der Waals surface area contributed by atoms with Crippen molar-refractivity contribution in [3.8, 4) is 5.75 Å². The standard InChI is InChI=1S/C18H19N3O4S/c1-9-14(17(19)26-16(9)18(24)20(2)3)15(23)10-5-6-12-11(7-10)21(4)13(22)8-25-12/h5-7H,8,19H2,1-4H3. The molecule has 0 saturated carbocycles. The Balaban J connectivity index is 2.04. The number of nitrogens with two attached hydrogens (primary N) is 1. The summed E-state index contributed by atoms with van der Waals surface area (Å²) in [6.07, 6.45) is 0. The topological polar surface area (TPSA) is 92.9 Å². The molecule has 0 atom stereocenters. The van der Waals surface area contributed by atoms with Crippen LogP contribution in [0.1, 0.15) is 31.2 Å². The number of rotatable bonds is 3. The largest absolute Gasteiger partial charge is 0.482 e. The van der Waals surface area contributed by atoms with E-state index in [1.807, 2.05) is 0 Å². The van der Waals surface area contributed by atoms with Gasteiger partial charge in [0.1, 0.15) is 5.75 Å². The highest BCUT2D eigenvalue weighted by Gasteiger charge is 2.27. The fraction of sp³-hybridized carbons (Fsp3) is 0.278. The Bertz CT molecular complexity index is 933. The average molecular weight is 373 g/mol. The van der Waals surface area contributed by atoms with Gasteiger partial charge in [0.2, 0.25) is 0 Å². The first-order valence-corrected chi connectivity index (χ1v) is 8.72. The second-order valence-corrected chi connectivity index (χ2v) is 7.30. The Hall–Kier alpha value is -2.87. The van der Waals surface area contributed by atoms with E-state index in [1.165, 1.54) is 9.80 Å². The average Bonchev–Trinajstić information content (AvgIpc) is 2.91. The van der Waals surface area contributed by atoms with Crippen molar-refractivity contribution in [2.24, 2.45) is 0 Å². The van der Waals surface area contributed by atoms with Crippen LogP contribution >= 0.6 is 11.3 Å². The minimum Gasteiger partial charge on any atom is -0.482 e. The van der Waals surface area contributed by atoms with Gasteiger partial charge >= 0.3 is 0 Å². The van der Waals surface area contributed by atoms with Gasteiger partial charge < -0.3 is 20.3 Å². The number of thiophene rings is 1. The van der Waals surface area contributed by atoms with Crippen LogP contribution < -0.4 is 15.4 Å². The van der Waals surface area contributed by atoms with E-state index in [1.54, 1.807) is 46.3 Å². The maximum Gasteiger partial charge on any atom is 0.264 e. The lowest BCUT2D eigenvalue weighted by atomic mass is 9.99.